The zero-order valence-corrected chi connectivity index (χ0v) is 18.3. The van der Waals surface area contributed by atoms with Gasteiger partial charge in [0.25, 0.3) is 11.8 Å². The zero-order valence-electron chi connectivity index (χ0n) is 16.0. The van der Waals surface area contributed by atoms with Gasteiger partial charge in [-0.15, -0.1) is 0 Å². The van der Waals surface area contributed by atoms with E-state index in [1.807, 2.05) is 0 Å². The molecular formula is C21H18BrClN2O5. The summed E-state index contributed by atoms with van der Waals surface area (Å²) < 4.78 is 5.39. The number of amides is 3. The number of hydrogen-bond donors (Lipinski definition) is 1. The third-order valence-corrected chi connectivity index (χ3v) is 5.55. The van der Waals surface area contributed by atoms with Gasteiger partial charge < -0.3 is 10.1 Å². The van der Waals surface area contributed by atoms with Gasteiger partial charge in [-0.1, -0.05) is 45.7 Å². The topological polar surface area (TPSA) is 92.8 Å². The van der Waals surface area contributed by atoms with E-state index in [1.165, 1.54) is 7.11 Å². The largest absolute Gasteiger partial charge is 0.469 e. The van der Waals surface area contributed by atoms with Gasteiger partial charge in [0.15, 0.2) is 0 Å². The Hall–Kier alpha value is -2.71. The van der Waals surface area contributed by atoms with Crippen molar-refractivity contribution in [3.05, 3.63) is 68.7 Å². The van der Waals surface area contributed by atoms with Gasteiger partial charge in [-0.05, 0) is 29.8 Å². The molecule has 1 heterocycles. The molecule has 3 rings (SSSR count). The minimum atomic E-state index is -0.697. The first-order valence-electron chi connectivity index (χ1n) is 9.08. The second-order valence-corrected chi connectivity index (χ2v) is 7.95. The third kappa shape index (κ3) is 4.71. The van der Waals surface area contributed by atoms with Crippen LogP contribution in [0, 0.1) is 0 Å². The fourth-order valence-corrected chi connectivity index (χ4v) is 3.82. The average Bonchev–Trinajstić information content (AvgIpc) is 2.95. The maximum atomic E-state index is 12.5. The molecule has 0 saturated carbocycles. The monoisotopic (exact) mass is 492 g/mol. The molecule has 0 bridgehead atoms. The average molecular weight is 494 g/mol. The third-order valence-electron chi connectivity index (χ3n) is 4.71. The lowest BCUT2D eigenvalue weighted by Gasteiger charge is -2.20. The van der Waals surface area contributed by atoms with E-state index in [0.29, 0.717) is 26.2 Å². The summed E-state index contributed by atoms with van der Waals surface area (Å²) in [7, 11) is 1.26. The van der Waals surface area contributed by atoms with Gasteiger partial charge >= 0.3 is 5.97 Å². The number of fused-ring (bicyclic) bond motifs is 1. The van der Waals surface area contributed by atoms with E-state index in [-0.39, 0.29) is 19.4 Å². The Morgan fingerprint density at radius 1 is 1.13 bits per heavy atom. The minimum Gasteiger partial charge on any atom is -0.469 e. The lowest BCUT2D eigenvalue weighted by molar-refractivity contribution is -0.141. The summed E-state index contributed by atoms with van der Waals surface area (Å²) in [6, 6.07) is 11.0. The van der Waals surface area contributed by atoms with Crippen LogP contribution in [0.1, 0.15) is 45.2 Å². The number of imide groups is 1. The molecule has 30 heavy (non-hydrogen) atoms. The Bertz CT molecular complexity index is 1030. The number of rotatable bonds is 7. The Kier molecular flexibility index (Phi) is 6.89. The quantitative estimate of drug-likeness (QED) is 0.471. The van der Waals surface area contributed by atoms with Crippen LogP contribution in [0.4, 0.5) is 0 Å². The van der Waals surface area contributed by atoms with E-state index < -0.39 is 29.7 Å². The first kappa shape index (κ1) is 22.0. The van der Waals surface area contributed by atoms with Crippen LogP contribution in [0.15, 0.2) is 46.9 Å². The van der Waals surface area contributed by atoms with Crippen LogP contribution < -0.4 is 5.32 Å². The Morgan fingerprint density at radius 2 is 1.83 bits per heavy atom. The fourth-order valence-electron chi connectivity index (χ4n) is 3.19. The van der Waals surface area contributed by atoms with E-state index >= 15 is 0 Å². The van der Waals surface area contributed by atoms with Crippen molar-refractivity contribution >= 4 is 51.2 Å². The van der Waals surface area contributed by atoms with Crippen molar-refractivity contribution in [2.75, 3.05) is 13.7 Å². The number of methoxy groups -OCH3 is 1. The van der Waals surface area contributed by atoms with Gasteiger partial charge in [0.1, 0.15) is 0 Å². The molecule has 0 spiro atoms. The van der Waals surface area contributed by atoms with E-state index in [1.54, 1.807) is 42.5 Å². The standard InChI is InChI=1S/C21H18BrClN2O5/c1-30-19(27)11-17(14-4-2-3-5-16(14)23)24-18(26)8-9-25-20(28)13-7-6-12(22)10-15(13)21(25)29/h2-7,10,17H,8-9,11H2,1H3,(H,24,26). The number of hydrogen-bond acceptors (Lipinski definition) is 5. The van der Waals surface area contributed by atoms with Crippen molar-refractivity contribution in [2.24, 2.45) is 0 Å². The highest BCUT2D eigenvalue weighted by molar-refractivity contribution is 9.10. The number of carbonyl (C=O) groups is 4. The molecule has 0 aromatic heterocycles. The molecule has 0 saturated heterocycles. The summed E-state index contributed by atoms with van der Waals surface area (Å²) in [5.74, 6) is -1.82. The van der Waals surface area contributed by atoms with Crippen LogP contribution >= 0.6 is 27.5 Å². The maximum Gasteiger partial charge on any atom is 0.307 e. The van der Waals surface area contributed by atoms with Crippen LogP contribution in [0.5, 0.6) is 0 Å². The van der Waals surface area contributed by atoms with Crippen LogP contribution in [0.3, 0.4) is 0 Å². The lowest BCUT2D eigenvalue weighted by Crippen LogP contribution is -2.36. The van der Waals surface area contributed by atoms with E-state index in [0.717, 1.165) is 4.90 Å². The number of ether oxygens (including phenoxy) is 1. The molecule has 1 unspecified atom stereocenters. The molecule has 1 N–H and O–H groups in total. The second kappa shape index (κ2) is 9.40. The molecule has 156 valence electrons. The van der Waals surface area contributed by atoms with Crippen molar-refractivity contribution in [2.45, 2.75) is 18.9 Å². The summed E-state index contributed by atoms with van der Waals surface area (Å²) in [5.41, 5.74) is 1.18. The maximum absolute atomic E-state index is 12.5. The lowest BCUT2D eigenvalue weighted by atomic mass is 10.0. The summed E-state index contributed by atoms with van der Waals surface area (Å²) >= 11 is 9.49. The smallest absolute Gasteiger partial charge is 0.307 e. The van der Waals surface area contributed by atoms with Crippen LogP contribution in [0.25, 0.3) is 0 Å². The van der Waals surface area contributed by atoms with Crippen LogP contribution in [-0.2, 0) is 14.3 Å². The van der Waals surface area contributed by atoms with Crippen molar-refractivity contribution in [3.8, 4) is 0 Å². The van der Waals surface area contributed by atoms with Crippen molar-refractivity contribution in [1.29, 1.82) is 0 Å². The molecule has 0 aliphatic carbocycles. The molecule has 2 aromatic carbocycles. The van der Waals surface area contributed by atoms with Crippen LogP contribution in [0.2, 0.25) is 5.02 Å². The molecule has 7 nitrogen and oxygen atoms in total. The van der Waals surface area contributed by atoms with Crippen molar-refractivity contribution in [3.63, 3.8) is 0 Å². The highest BCUT2D eigenvalue weighted by atomic mass is 79.9. The Balaban J connectivity index is 1.68. The van der Waals surface area contributed by atoms with Crippen molar-refractivity contribution < 1.29 is 23.9 Å². The second-order valence-electron chi connectivity index (χ2n) is 6.62. The van der Waals surface area contributed by atoms with Gasteiger partial charge in [-0.25, -0.2) is 0 Å². The summed E-state index contributed by atoms with van der Waals surface area (Å²) in [6.45, 7) is -0.0801. The van der Waals surface area contributed by atoms with Crippen LogP contribution in [-0.4, -0.2) is 42.2 Å². The van der Waals surface area contributed by atoms with Gasteiger partial charge in [0.05, 0.1) is 30.7 Å². The number of benzene rings is 2. The molecule has 1 aliphatic heterocycles. The Morgan fingerprint density at radius 3 is 2.53 bits per heavy atom. The number of halogens is 2. The molecule has 3 amide bonds. The van der Waals surface area contributed by atoms with Gasteiger partial charge in [-0.3, -0.25) is 24.1 Å². The molecule has 0 fully saturated rings. The highest BCUT2D eigenvalue weighted by Gasteiger charge is 2.35. The van der Waals surface area contributed by atoms with E-state index in [4.69, 9.17) is 16.3 Å². The first-order chi connectivity index (χ1) is 14.3. The number of nitrogens with zero attached hydrogens (tertiary/aromatic N) is 1. The molecular weight excluding hydrogens is 476 g/mol. The van der Waals surface area contributed by atoms with E-state index in [9.17, 15) is 19.2 Å². The SMILES string of the molecule is COC(=O)CC(NC(=O)CCN1C(=O)c2ccc(Br)cc2C1=O)c1ccccc1Cl. The van der Waals surface area contributed by atoms with Gasteiger partial charge in [0, 0.05) is 22.5 Å². The number of nitrogens with one attached hydrogen (secondary N) is 1. The Labute approximate surface area is 186 Å². The summed E-state index contributed by atoms with van der Waals surface area (Å²) in [4.78, 5) is 50.4. The predicted octanol–water partition coefficient (Wildman–Crippen LogP) is 3.51. The van der Waals surface area contributed by atoms with Crippen molar-refractivity contribution in [1.82, 2.24) is 10.2 Å². The highest BCUT2D eigenvalue weighted by Crippen LogP contribution is 2.27. The molecule has 1 aliphatic rings. The summed E-state index contributed by atoms with van der Waals surface area (Å²) in [5, 5.41) is 3.14. The minimum absolute atomic E-state index is 0.0801. The molecule has 0 radical (unpaired) electrons. The van der Waals surface area contributed by atoms with Gasteiger partial charge in [0.2, 0.25) is 5.91 Å². The molecule has 2 aromatic rings. The number of esters is 1. The normalized spacial score (nSPS) is 13.8. The molecule has 1 atom stereocenters. The summed E-state index contributed by atoms with van der Waals surface area (Å²) in [6.07, 6.45) is -0.220. The fraction of sp³-hybridized carbons (Fsp3) is 0.238. The van der Waals surface area contributed by atoms with E-state index in [2.05, 4.69) is 21.2 Å². The molecule has 9 heteroatoms. The zero-order chi connectivity index (χ0) is 21.8. The number of carbonyl (C=O) groups excluding carboxylic acids is 4. The first-order valence-corrected chi connectivity index (χ1v) is 10.2. The van der Waals surface area contributed by atoms with Gasteiger partial charge in [-0.2, -0.15) is 0 Å². The predicted molar refractivity (Wildman–Crippen MR) is 113 cm³/mol.